The fourth-order valence-corrected chi connectivity index (χ4v) is 5.16. The van der Waals surface area contributed by atoms with Crippen LogP contribution in [0.3, 0.4) is 0 Å². The van der Waals surface area contributed by atoms with E-state index in [-0.39, 0.29) is 37.5 Å². The fourth-order valence-electron chi connectivity index (χ4n) is 5.16. The number of carbonyl (C=O) groups excluding carboxylic acids is 6. The molecule has 1 aromatic carbocycles. The van der Waals surface area contributed by atoms with Gasteiger partial charge in [0.15, 0.2) is 0 Å². The molecule has 0 saturated carbocycles. The van der Waals surface area contributed by atoms with Crippen LogP contribution in [0.1, 0.15) is 72.3 Å². The molecule has 292 valence electrons. The Morgan fingerprint density at radius 3 is 1.65 bits per heavy atom. The van der Waals surface area contributed by atoms with Gasteiger partial charge in [0.05, 0.1) is 13.2 Å². The number of rotatable bonds is 24. The first-order chi connectivity index (χ1) is 24.5. The predicted octanol–water partition coefficient (Wildman–Crippen LogP) is -1.59. The first kappa shape index (κ1) is 45.4. The minimum Gasteiger partial charge on any atom is -0.480 e. The van der Waals surface area contributed by atoms with Crippen molar-refractivity contribution in [1.82, 2.24) is 31.9 Å². The van der Waals surface area contributed by atoms with Gasteiger partial charge in [-0.05, 0) is 63.0 Å². The van der Waals surface area contributed by atoms with E-state index in [1.54, 1.807) is 30.3 Å². The predicted molar refractivity (Wildman–Crippen MR) is 193 cm³/mol. The van der Waals surface area contributed by atoms with Crippen molar-refractivity contribution in [3.8, 4) is 0 Å². The van der Waals surface area contributed by atoms with Crippen LogP contribution in [0.4, 0.5) is 0 Å². The zero-order valence-corrected chi connectivity index (χ0v) is 30.8. The number of nitrogens with two attached hydrogens (primary N) is 2. The quantitative estimate of drug-likeness (QED) is 0.0541. The van der Waals surface area contributed by atoms with Crippen LogP contribution < -0.4 is 43.4 Å². The Balaban J connectivity index is 3.29. The number of benzene rings is 1. The van der Waals surface area contributed by atoms with Crippen LogP contribution >= 0.6 is 0 Å². The second-order valence-corrected chi connectivity index (χ2v) is 13.6. The minimum atomic E-state index is -1.37. The van der Waals surface area contributed by atoms with Gasteiger partial charge in [0, 0.05) is 6.42 Å². The van der Waals surface area contributed by atoms with E-state index in [1.807, 2.05) is 27.7 Å². The summed E-state index contributed by atoms with van der Waals surface area (Å²) in [5, 5.41) is 34.4. The summed E-state index contributed by atoms with van der Waals surface area (Å²) in [5.74, 6) is -5.70. The fraction of sp³-hybridized carbons (Fsp3) is 0.629. The first-order valence-electron chi connectivity index (χ1n) is 17.6. The largest absolute Gasteiger partial charge is 0.480 e. The second kappa shape index (κ2) is 23.8. The molecule has 0 aliphatic carbocycles. The highest BCUT2D eigenvalue weighted by molar-refractivity contribution is 5.97. The smallest absolute Gasteiger partial charge is 0.326 e. The SMILES string of the molecule is CC(C)C[C@H](NC(=O)[C@H](C)NC(=O)[C@H](CCCCN)NC(=O)[C@H](Cc1ccccc1)NC(=O)[C@H](CC(C)C)NC(=O)[C@H](CO)NC(=O)CN)C(=O)O. The summed E-state index contributed by atoms with van der Waals surface area (Å²) in [5.41, 5.74) is 11.6. The van der Waals surface area contributed by atoms with Crippen molar-refractivity contribution in [2.75, 3.05) is 19.7 Å². The number of amides is 6. The van der Waals surface area contributed by atoms with Gasteiger partial charge in [-0.3, -0.25) is 28.8 Å². The number of aliphatic carboxylic acids is 1. The molecule has 17 nitrogen and oxygen atoms in total. The number of nitrogens with one attached hydrogen (secondary N) is 6. The third-order valence-corrected chi connectivity index (χ3v) is 7.93. The van der Waals surface area contributed by atoms with Gasteiger partial charge in [-0.15, -0.1) is 0 Å². The molecule has 0 unspecified atom stereocenters. The molecule has 12 N–H and O–H groups in total. The highest BCUT2D eigenvalue weighted by atomic mass is 16.4. The maximum absolute atomic E-state index is 13.9. The Hall–Kier alpha value is -4.61. The van der Waals surface area contributed by atoms with Gasteiger partial charge in [0.2, 0.25) is 35.4 Å². The van der Waals surface area contributed by atoms with Gasteiger partial charge in [-0.2, -0.15) is 0 Å². The number of carbonyl (C=O) groups is 7. The van der Waals surface area contributed by atoms with E-state index in [1.165, 1.54) is 6.92 Å². The van der Waals surface area contributed by atoms with Crippen LogP contribution in [0.2, 0.25) is 0 Å². The Morgan fingerprint density at radius 2 is 1.12 bits per heavy atom. The van der Waals surface area contributed by atoms with Crippen LogP contribution in [0, 0.1) is 11.8 Å². The maximum Gasteiger partial charge on any atom is 0.326 e. The standard InChI is InChI=1S/C35H58N8O9/c1-20(2)15-25(41-34(50)28(19-44)39-29(45)18-37)32(48)42-26(17-23-11-7-6-8-12-23)33(49)40-24(13-9-10-14-36)31(47)38-22(5)30(46)43-27(35(51)52)16-21(3)4/h6-8,11-12,20-22,24-28,44H,9-10,13-19,36-37H2,1-5H3,(H,38,47)(H,39,45)(H,40,49)(H,41,50)(H,42,48)(H,43,46)(H,51,52)/t22-,24-,25-,26-,27-,28-/m0/s1. The molecule has 0 radical (unpaired) electrons. The average molecular weight is 735 g/mol. The lowest BCUT2D eigenvalue weighted by atomic mass is 10.00. The van der Waals surface area contributed by atoms with E-state index in [0.717, 1.165) is 0 Å². The van der Waals surface area contributed by atoms with Crippen molar-refractivity contribution in [2.24, 2.45) is 23.3 Å². The highest BCUT2D eigenvalue weighted by Gasteiger charge is 2.33. The van der Waals surface area contributed by atoms with Crippen molar-refractivity contribution in [1.29, 1.82) is 0 Å². The number of carboxylic acid groups (broad SMARTS) is 1. The zero-order valence-electron chi connectivity index (χ0n) is 30.8. The first-order valence-corrected chi connectivity index (χ1v) is 17.6. The van der Waals surface area contributed by atoms with Crippen LogP contribution in [-0.4, -0.2) is 108 Å². The van der Waals surface area contributed by atoms with Crippen molar-refractivity contribution >= 4 is 41.4 Å². The molecule has 0 bridgehead atoms. The molecule has 0 spiro atoms. The molecule has 17 heteroatoms. The summed E-state index contributed by atoms with van der Waals surface area (Å²) < 4.78 is 0. The van der Waals surface area contributed by atoms with Gasteiger partial charge < -0.3 is 53.6 Å². The molecule has 1 aromatic rings. The Morgan fingerprint density at radius 1 is 0.615 bits per heavy atom. The Kier molecular flexibility index (Phi) is 20.8. The van der Waals surface area contributed by atoms with Crippen LogP contribution in [-0.2, 0) is 40.0 Å². The lowest BCUT2D eigenvalue weighted by Gasteiger charge is -2.27. The molecule has 0 aliphatic rings. The molecule has 6 amide bonds. The topological polar surface area (TPSA) is 284 Å². The number of unbranched alkanes of at least 4 members (excludes halogenated alkanes) is 1. The molecule has 52 heavy (non-hydrogen) atoms. The zero-order chi connectivity index (χ0) is 39.4. The van der Waals surface area contributed by atoms with Gasteiger partial charge in [0.25, 0.3) is 0 Å². The summed E-state index contributed by atoms with van der Waals surface area (Å²) in [6.07, 6.45) is 1.45. The van der Waals surface area contributed by atoms with Gasteiger partial charge in [0.1, 0.15) is 36.3 Å². The van der Waals surface area contributed by atoms with Gasteiger partial charge in [-0.25, -0.2) is 4.79 Å². The van der Waals surface area contributed by atoms with Crippen LogP contribution in [0.15, 0.2) is 30.3 Å². The van der Waals surface area contributed by atoms with Crippen molar-refractivity contribution < 1.29 is 43.8 Å². The minimum absolute atomic E-state index is 0.00889. The summed E-state index contributed by atoms with van der Waals surface area (Å²) in [6.45, 7) is 7.81. The van der Waals surface area contributed by atoms with Gasteiger partial charge >= 0.3 is 5.97 Å². The second-order valence-electron chi connectivity index (χ2n) is 13.6. The van der Waals surface area contributed by atoms with Crippen molar-refractivity contribution in [2.45, 2.75) is 109 Å². The van der Waals surface area contributed by atoms with E-state index < -0.39 is 90.8 Å². The lowest BCUT2D eigenvalue weighted by Crippen LogP contribution is -2.60. The summed E-state index contributed by atoms with van der Waals surface area (Å²) >= 11 is 0. The molecular formula is C35H58N8O9. The lowest BCUT2D eigenvalue weighted by molar-refractivity contribution is -0.142. The molecule has 1 rings (SSSR count). The van der Waals surface area contributed by atoms with E-state index in [4.69, 9.17) is 11.5 Å². The number of carboxylic acids is 1. The Labute approximate surface area is 305 Å². The monoisotopic (exact) mass is 734 g/mol. The molecule has 0 aromatic heterocycles. The normalized spacial score (nSPS) is 14.6. The van der Waals surface area contributed by atoms with E-state index in [0.29, 0.717) is 24.9 Å². The maximum atomic E-state index is 13.9. The van der Waals surface area contributed by atoms with E-state index in [9.17, 15) is 43.8 Å². The average Bonchev–Trinajstić information content (AvgIpc) is 3.08. The molecule has 0 fully saturated rings. The summed E-state index contributed by atoms with van der Waals surface area (Å²) in [7, 11) is 0. The molecule has 0 heterocycles. The summed E-state index contributed by atoms with van der Waals surface area (Å²) in [6, 6.07) is 1.56. The highest BCUT2D eigenvalue weighted by Crippen LogP contribution is 2.10. The van der Waals surface area contributed by atoms with Crippen LogP contribution in [0.25, 0.3) is 0 Å². The van der Waals surface area contributed by atoms with Gasteiger partial charge in [-0.1, -0.05) is 58.0 Å². The number of aliphatic hydroxyl groups is 1. The molecule has 6 atom stereocenters. The van der Waals surface area contributed by atoms with Crippen molar-refractivity contribution in [3.05, 3.63) is 35.9 Å². The number of hydrogen-bond acceptors (Lipinski definition) is 10. The number of aliphatic hydroxyl groups excluding tert-OH is 1. The third-order valence-electron chi connectivity index (χ3n) is 7.93. The number of hydrogen-bond donors (Lipinski definition) is 10. The van der Waals surface area contributed by atoms with E-state index in [2.05, 4.69) is 31.9 Å². The van der Waals surface area contributed by atoms with E-state index >= 15 is 0 Å². The molecular weight excluding hydrogens is 676 g/mol. The molecule has 0 aliphatic heterocycles. The molecule has 0 saturated heterocycles. The van der Waals surface area contributed by atoms with Crippen molar-refractivity contribution in [3.63, 3.8) is 0 Å². The Bertz CT molecular complexity index is 1330. The van der Waals surface area contributed by atoms with Crippen LogP contribution in [0.5, 0.6) is 0 Å². The summed E-state index contributed by atoms with van der Waals surface area (Å²) in [4.78, 5) is 90.3. The third kappa shape index (κ3) is 17.1.